The van der Waals surface area contributed by atoms with Crippen LogP contribution in [0.15, 0.2) is 24.3 Å². The van der Waals surface area contributed by atoms with Crippen molar-refractivity contribution in [3.63, 3.8) is 0 Å². The second-order valence-corrected chi connectivity index (χ2v) is 5.91. The van der Waals surface area contributed by atoms with E-state index >= 15 is 0 Å². The van der Waals surface area contributed by atoms with Gasteiger partial charge < -0.3 is 15.2 Å². The number of rotatable bonds is 7. The SMILES string of the molecule is CC(C)(C)CCNCC(O)COc1ccccc1F. The van der Waals surface area contributed by atoms with E-state index in [4.69, 9.17) is 4.74 Å². The lowest BCUT2D eigenvalue weighted by molar-refractivity contribution is 0.103. The first-order chi connectivity index (χ1) is 8.88. The van der Waals surface area contributed by atoms with Gasteiger partial charge in [-0.2, -0.15) is 0 Å². The molecule has 1 aromatic carbocycles. The van der Waals surface area contributed by atoms with Crippen molar-refractivity contribution in [1.29, 1.82) is 0 Å². The highest BCUT2D eigenvalue weighted by Crippen LogP contribution is 2.17. The van der Waals surface area contributed by atoms with E-state index in [2.05, 4.69) is 26.1 Å². The Labute approximate surface area is 114 Å². The third-order valence-corrected chi connectivity index (χ3v) is 2.70. The van der Waals surface area contributed by atoms with E-state index in [0.717, 1.165) is 13.0 Å². The maximum Gasteiger partial charge on any atom is 0.165 e. The van der Waals surface area contributed by atoms with E-state index in [1.54, 1.807) is 18.2 Å². The fourth-order valence-electron chi connectivity index (χ4n) is 1.54. The van der Waals surface area contributed by atoms with Crippen LogP contribution >= 0.6 is 0 Å². The molecule has 0 amide bonds. The van der Waals surface area contributed by atoms with E-state index in [9.17, 15) is 9.50 Å². The summed E-state index contributed by atoms with van der Waals surface area (Å²) in [5, 5.41) is 12.9. The highest BCUT2D eigenvalue weighted by atomic mass is 19.1. The molecule has 1 atom stereocenters. The van der Waals surface area contributed by atoms with Crippen molar-refractivity contribution < 1.29 is 14.2 Å². The predicted octanol–water partition coefficient (Wildman–Crippen LogP) is 2.59. The molecule has 3 nitrogen and oxygen atoms in total. The molecule has 1 unspecified atom stereocenters. The molecule has 0 bridgehead atoms. The summed E-state index contributed by atoms with van der Waals surface area (Å²) < 4.78 is 18.5. The normalized spacial score (nSPS) is 13.3. The highest BCUT2D eigenvalue weighted by Gasteiger charge is 2.11. The van der Waals surface area contributed by atoms with Crippen LogP contribution in [0.3, 0.4) is 0 Å². The largest absolute Gasteiger partial charge is 0.488 e. The van der Waals surface area contributed by atoms with Crippen molar-refractivity contribution in [3.8, 4) is 5.75 Å². The van der Waals surface area contributed by atoms with Gasteiger partial charge >= 0.3 is 0 Å². The van der Waals surface area contributed by atoms with Gasteiger partial charge in [-0.1, -0.05) is 32.9 Å². The molecule has 1 aromatic rings. The standard InChI is InChI=1S/C15H24FNO2/c1-15(2,3)8-9-17-10-12(18)11-19-14-7-5-4-6-13(14)16/h4-7,12,17-18H,8-11H2,1-3H3. The van der Waals surface area contributed by atoms with Gasteiger partial charge in [0.1, 0.15) is 12.7 Å². The second kappa shape index (κ2) is 7.46. The molecule has 0 aliphatic rings. The van der Waals surface area contributed by atoms with Crippen molar-refractivity contribution in [2.75, 3.05) is 19.7 Å². The molecule has 108 valence electrons. The minimum Gasteiger partial charge on any atom is -0.488 e. The van der Waals surface area contributed by atoms with Crippen LogP contribution in [0, 0.1) is 11.2 Å². The molecule has 0 fully saturated rings. The summed E-state index contributed by atoms with van der Waals surface area (Å²) in [6.45, 7) is 7.90. The molecule has 0 spiro atoms. The summed E-state index contributed by atoms with van der Waals surface area (Å²) in [6, 6.07) is 6.19. The van der Waals surface area contributed by atoms with Gasteiger partial charge in [-0.3, -0.25) is 0 Å². The van der Waals surface area contributed by atoms with Crippen LogP contribution in [-0.4, -0.2) is 30.9 Å². The Bertz CT molecular complexity index is 377. The summed E-state index contributed by atoms with van der Waals surface area (Å²) in [6.07, 6.45) is 0.396. The number of ether oxygens (including phenoxy) is 1. The van der Waals surface area contributed by atoms with Gasteiger partial charge in [-0.05, 0) is 30.5 Å². The quantitative estimate of drug-likeness (QED) is 0.748. The van der Waals surface area contributed by atoms with Crippen LogP contribution in [-0.2, 0) is 0 Å². The summed E-state index contributed by atoms with van der Waals surface area (Å²) in [5.41, 5.74) is 0.279. The monoisotopic (exact) mass is 269 g/mol. The number of aliphatic hydroxyl groups is 1. The summed E-state index contributed by atoms with van der Waals surface area (Å²) >= 11 is 0. The minimum absolute atomic E-state index is 0.0868. The topological polar surface area (TPSA) is 41.5 Å². The maximum absolute atomic E-state index is 13.3. The maximum atomic E-state index is 13.3. The van der Waals surface area contributed by atoms with E-state index in [1.165, 1.54) is 6.07 Å². The lowest BCUT2D eigenvalue weighted by Gasteiger charge is -2.19. The molecule has 4 heteroatoms. The lowest BCUT2D eigenvalue weighted by atomic mass is 9.92. The second-order valence-electron chi connectivity index (χ2n) is 5.91. The van der Waals surface area contributed by atoms with Gasteiger partial charge in [0.15, 0.2) is 11.6 Å². The fraction of sp³-hybridized carbons (Fsp3) is 0.600. The third-order valence-electron chi connectivity index (χ3n) is 2.70. The Hall–Kier alpha value is -1.13. The van der Waals surface area contributed by atoms with Gasteiger partial charge in [-0.15, -0.1) is 0 Å². The summed E-state index contributed by atoms with van der Waals surface area (Å²) in [7, 11) is 0. The van der Waals surface area contributed by atoms with Gasteiger partial charge in [-0.25, -0.2) is 4.39 Å². The van der Waals surface area contributed by atoms with Crippen LogP contribution < -0.4 is 10.1 Å². The Morgan fingerprint density at radius 3 is 2.63 bits per heavy atom. The number of aliphatic hydroxyl groups excluding tert-OH is 1. The van der Waals surface area contributed by atoms with Crippen LogP contribution in [0.1, 0.15) is 27.2 Å². The van der Waals surface area contributed by atoms with Crippen LogP contribution in [0.5, 0.6) is 5.75 Å². The van der Waals surface area contributed by atoms with E-state index in [-0.39, 0.29) is 17.8 Å². The molecule has 0 radical (unpaired) electrons. The molecule has 1 rings (SSSR count). The van der Waals surface area contributed by atoms with Gasteiger partial charge in [0.25, 0.3) is 0 Å². The molecular weight excluding hydrogens is 245 g/mol. The molecule has 0 aromatic heterocycles. The van der Waals surface area contributed by atoms with E-state index in [1.807, 2.05) is 0 Å². The zero-order chi connectivity index (χ0) is 14.3. The lowest BCUT2D eigenvalue weighted by Crippen LogP contribution is -2.33. The molecule has 0 heterocycles. The van der Waals surface area contributed by atoms with Gasteiger partial charge in [0, 0.05) is 6.54 Å². The third kappa shape index (κ3) is 7.13. The number of halogens is 1. The number of hydrogen-bond donors (Lipinski definition) is 2. The fourth-order valence-corrected chi connectivity index (χ4v) is 1.54. The van der Waals surface area contributed by atoms with Gasteiger partial charge in [0.2, 0.25) is 0 Å². The number of benzene rings is 1. The van der Waals surface area contributed by atoms with Crippen LogP contribution in [0.2, 0.25) is 0 Å². The average Bonchev–Trinajstić information content (AvgIpc) is 2.32. The van der Waals surface area contributed by atoms with Crippen LogP contribution in [0.25, 0.3) is 0 Å². The number of hydrogen-bond acceptors (Lipinski definition) is 3. The zero-order valence-corrected chi connectivity index (χ0v) is 11.9. The molecule has 0 aliphatic heterocycles. The average molecular weight is 269 g/mol. The first-order valence-corrected chi connectivity index (χ1v) is 6.64. The van der Waals surface area contributed by atoms with Crippen molar-refractivity contribution in [1.82, 2.24) is 5.32 Å². The Kier molecular flexibility index (Phi) is 6.25. The highest BCUT2D eigenvalue weighted by molar-refractivity contribution is 5.23. The molecule has 19 heavy (non-hydrogen) atoms. The molecule has 2 N–H and O–H groups in total. The number of para-hydroxylation sites is 1. The Morgan fingerprint density at radius 1 is 1.32 bits per heavy atom. The predicted molar refractivity (Wildman–Crippen MR) is 74.8 cm³/mol. The van der Waals surface area contributed by atoms with E-state index in [0.29, 0.717) is 6.54 Å². The first kappa shape index (κ1) is 15.9. The van der Waals surface area contributed by atoms with Crippen molar-refractivity contribution >= 4 is 0 Å². The van der Waals surface area contributed by atoms with E-state index < -0.39 is 11.9 Å². The first-order valence-electron chi connectivity index (χ1n) is 6.64. The Balaban J connectivity index is 2.18. The smallest absolute Gasteiger partial charge is 0.165 e. The number of nitrogens with one attached hydrogen (secondary N) is 1. The Morgan fingerprint density at radius 2 is 2.00 bits per heavy atom. The summed E-state index contributed by atoms with van der Waals surface area (Å²) in [5.74, 6) is -0.230. The van der Waals surface area contributed by atoms with Crippen molar-refractivity contribution in [2.24, 2.45) is 5.41 Å². The van der Waals surface area contributed by atoms with Crippen molar-refractivity contribution in [3.05, 3.63) is 30.1 Å². The van der Waals surface area contributed by atoms with Crippen molar-refractivity contribution in [2.45, 2.75) is 33.3 Å². The summed E-state index contributed by atoms with van der Waals surface area (Å²) in [4.78, 5) is 0. The van der Waals surface area contributed by atoms with Gasteiger partial charge in [0.05, 0.1) is 0 Å². The zero-order valence-electron chi connectivity index (χ0n) is 11.9. The molecule has 0 aliphatic carbocycles. The molecule has 0 saturated heterocycles. The molecular formula is C15H24FNO2. The molecule has 0 saturated carbocycles. The van der Waals surface area contributed by atoms with Crippen LogP contribution in [0.4, 0.5) is 4.39 Å². The minimum atomic E-state index is -0.639.